The predicted octanol–water partition coefficient (Wildman–Crippen LogP) is 1.82. The summed E-state index contributed by atoms with van der Waals surface area (Å²) in [6.45, 7) is 5.89. The quantitative estimate of drug-likeness (QED) is 0.732. The van der Waals surface area contributed by atoms with Gasteiger partial charge in [-0.1, -0.05) is 20.8 Å². The first-order chi connectivity index (χ1) is 7.80. The topological polar surface area (TPSA) is 57.5 Å². The second kappa shape index (κ2) is 3.92. The number of fused-ring (bicyclic) bond motifs is 1. The van der Waals surface area contributed by atoms with E-state index in [0.29, 0.717) is 24.8 Å². The molecule has 0 radical (unpaired) electrons. The Morgan fingerprint density at radius 1 is 1.35 bits per heavy atom. The minimum absolute atomic E-state index is 0.0127. The molecule has 0 bridgehead atoms. The zero-order valence-electron chi connectivity index (χ0n) is 10.9. The monoisotopic (exact) mass is 238 g/mol. The van der Waals surface area contributed by atoms with E-state index < -0.39 is 11.2 Å². The molecule has 3 atom stereocenters. The van der Waals surface area contributed by atoms with E-state index >= 15 is 0 Å². The van der Waals surface area contributed by atoms with E-state index in [1.807, 2.05) is 20.8 Å². The van der Waals surface area contributed by atoms with Crippen LogP contribution in [0.4, 0.5) is 0 Å². The summed E-state index contributed by atoms with van der Waals surface area (Å²) in [5.41, 5.74) is -1.43. The lowest BCUT2D eigenvalue weighted by Gasteiger charge is -2.51. The van der Waals surface area contributed by atoms with Crippen LogP contribution in [0, 0.1) is 11.8 Å². The summed E-state index contributed by atoms with van der Waals surface area (Å²) in [6, 6.07) is 0. The SMILES string of the molecule is CC(C)[C@]1(O)CC[C@@H](C)C2(O)CCC(=O)C=C21. The van der Waals surface area contributed by atoms with Crippen LogP contribution < -0.4 is 0 Å². The molecule has 3 nitrogen and oxygen atoms in total. The summed E-state index contributed by atoms with van der Waals surface area (Å²) < 4.78 is 0. The molecule has 17 heavy (non-hydrogen) atoms. The number of aliphatic hydroxyl groups is 2. The molecule has 0 aliphatic heterocycles. The lowest BCUT2D eigenvalue weighted by Crippen LogP contribution is -2.56. The van der Waals surface area contributed by atoms with E-state index in [9.17, 15) is 15.0 Å². The number of carbonyl (C=O) groups excluding carboxylic acids is 1. The van der Waals surface area contributed by atoms with Crippen LogP contribution in [0.15, 0.2) is 11.6 Å². The molecule has 0 aromatic heterocycles. The molecule has 0 spiro atoms. The lowest BCUT2D eigenvalue weighted by molar-refractivity contribution is -0.124. The average molecular weight is 238 g/mol. The number of carbonyl (C=O) groups is 1. The number of allylic oxidation sites excluding steroid dienone is 1. The van der Waals surface area contributed by atoms with E-state index in [1.54, 1.807) is 0 Å². The van der Waals surface area contributed by atoms with E-state index in [2.05, 4.69) is 0 Å². The first kappa shape index (κ1) is 12.8. The molecule has 1 unspecified atom stereocenters. The van der Waals surface area contributed by atoms with Crippen molar-refractivity contribution in [3.63, 3.8) is 0 Å². The number of hydrogen-bond donors (Lipinski definition) is 2. The van der Waals surface area contributed by atoms with Gasteiger partial charge in [0, 0.05) is 6.42 Å². The third kappa shape index (κ3) is 1.76. The molecule has 2 N–H and O–H groups in total. The van der Waals surface area contributed by atoms with Gasteiger partial charge >= 0.3 is 0 Å². The Balaban J connectivity index is 2.51. The van der Waals surface area contributed by atoms with Gasteiger partial charge in [0.1, 0.15) is 0 Å². The molecule has 0 aromatic carbocycles. The number of rotatable bonds is 1. The van der Waals surface area contributed by atoms with Gasteiger partial charge in [0.2, 0.25) is 0 Å². The molecule has 1 saturated carbocycles. The Morgan fingerprint density at radius 3 is 2.59 bits per heavy atom. The van der Waals surface area contributed by atoms with Gasteiger partial charge in [-0.05, 0) is 42.7 Å². The maximum Gasteiger partial charge on any atom is 0.155 e. The molecule has 3 heteroatoms. The molecule has 0 heterocycles. The standard InChI is InChI=1S/C14H22O3/c1-9(2)13(16)6-4-10(3)14(17)7-5-11(15)8-12(13)14/h8-10,16-17H,4-7H2,1-3H3/t10-,13-,14?/m1/s1. The van der Waals surface area contributed by atoms with Crippen LogP contribution in [0.1, 0.15) is 46.5 Å². The highest BCUT2D eigenvalue weighted by Gasteiger charge is 2.53. The maximum atomic E-state index is 11.6. The average Bonchev–Trinajstić information content (AvgIpc) is 2.27. The van der Waals surface area contributed by atoms with Gasteiger partial charge in [-0.3, -0.25) is 4.79 Å². The van der Waals surface area contributed by atoms with Crippen LogP contribution in [0.3, 0.4) is 0 Å². The minimum Gasteiger partial charge on any atom is -0.385 e. The fourth-order valence-electron chi connectivity index (χ4n) is 3.23. The summed E-state index contributed by atoms with van der Waals surface area (Å²) in [5.74, 6) is 0.150. The van der Waals surface area contributed by atoms with Gasteiger partial charge in [0.25, 0.3) is 0 Å². The van der Waals surface area contributed by atoms with E-state index in [1.165, 1.54) is 6.08 Å². The third-order valence-electron chi connectivity index (χ3n) is 4.72. The highest BCUT2D eigenvalue weighted by molar-refractivity contribution is 5.92. The van der Waals surface area contributed by atoms with Gasteiger partial charge in [-0.2, -0.15) is 0 Å². The van der Waals surface area contributed by atoms with Crippen molar-refractivity contribution >= 4 is 5.78 Å². The zero-order valence-corrected chi connectivity index (χ0v) is 10.9. The van der Waals surface area contributed by atoms with Crippen LogP contribution in [0.5, 0.6) is 0 Å². The van der Waals surface area contributed by atoms with Gasteiger partial charge in [-0.15, -0.1) is 0 Å². The predicted molar refractivity (Wildman–Crippen MR) is 65.5 cm³/mol. The largest absolute Gasteiger partial charge is 0.385 e. The first-order valence-corrected chi connectivity index (χ1v) is 6.51. The van der Waals surface area contributed by atoms with Crippen LogP contribution in [-0.2, 0) is 4.79 Å². The number of ketones is 1. The molecule has 2 aliphatic rings. The summed E-state index contributed by atoms with van der Waals surface area (Å²) >= 11 is 0. The van der Waals surface area contributed by atoms with Crippen LogP contribution in [-0.4, -0.2) is 27.2 Å². The number of hydrogen-bond acceptors (Lipinski definition) is 3. The Bertz CT molecular complexity index is 372. The van der Waals surface area contributed by atoms with Crippen molar-refractivity contribution < 1.29 is 15.0 Å². The van der Waals surface area contributed by atoms with E-state index in [4.69, 9.17) is 0 Å². The second-order valence-electron chi connectivity index (χ2n) is 5.97. The van der Waals surface area contributed by atoms with E-state index in [0.717, 1.165) is 6.42 Å². The van der Waals surface area contributed by atoms with Crippen LogP contribution in [0.25, 0.3) is 0 Å². The Labute approximate surface area is 103 Å². The van der Waals surface area contributed by atoms with Gasteiger partial charge in [-0.25, -0.2) is 0 Å². The third-order valence-corrected chi connectivity index (χ3v) is 4.72. The van der Waals surface area contributed by atoms with Crippen molar-refractivity contribution in [2.75, 3.05) is 0 Å². The normalized spacial score (nSPS) is 42.4. The maximum absolute atomic E-state index is 11.6. The fraction of sp³-hybridized carbons (Fsp3) is 0.786. The van der Waals surface area contributed by atoms with Crippen LogP contribution >= 0.6 is 0 Å². The molecule has 0 amide bonds. The van der Waals surface area contributed by atoms with Crippen molar-refractivity contribution in [3.8, 4) is 0 Å². The second-order valence-corrected chi connectivity index (χ2v) is 5.97. The van der Waals surface area contributed by atoms with Crippen molar-refractivity contribution in [1.82, 2.24) is 0 Å². The Morgan fingerprint density at radius 2 is 2.00 bits per heavy atom. The van der Waals surface area contributed by atoms with Crippen molar-refractivity contribution in [2.24, 2.45) is 11.8 Å². The van der Waals surface area contributed by atoms with Gasteiger partial charge in [0.15, 0.2) is 5.78 Å². The minimum atomic E-state index is -1.02. The van der Waals surface area contributed by atoms with Crippen molar-refractivity contribution in [1.29, 1.82) is 0 Å². The highest BCUT2D eigenvalue weighted by Crippen LogP contribution is 2.50. The first-order valence-electron chi connectivity index (χ1n) is 6.51. The zero-order chi connectivity index (χ0) is 12.8. The Hall–Kier alpha value is -0.670. The smallest absolute Gasteiger partial charge is 0.155 e. The van der Waals surface area contributed by atoms with E-state index in [-0.39, 0.29) is 17.6 Å². The summed E-state index contributed by atoms with van der Waals surface area (Å²) in [7, 11) is 0. The van der Waals surface area contributed by atoms with Crippen molar-refractivity contribution in [2.45, 2.75) is 57.7 Å². The van der Waals surface area contributed by atoms with Crippen LogP contribution in [0.2, 0.25) is 0 Å². The molecule has 0 aromatic rings. The lowest BCUT2D eigenvalue weighted by atomic mass is 9.59. The fourth-order valence-corrected chi connectivity index (χ4v) is 3.23. The van der Waals surface area contributed by atoms with Crippen molar-refractivity contribution in [3.05, 3.63) is 11.6 Å². The summed E-state index contributed by atoms with van der Waals surface area (Å²) in [4.78, 5) is 11.6. The molecule has 96 valence electrons. The van der Waals surface area contributed by atoms with Gasteiger partial charge < -0.3 is 10.2 Å². The molecule has 2 aliphatic carbocycles. The molecular weight excluding hydrogens is 216 g/mol. The molecule has 0 saturated heterocycles. The Kier molecular flexibility index (Phi) is 2.95. The highest BCUT2D eigenvalue weighted by atomic mass is 16.3. The molecule has 1 fully saturated rings. The summed E-state index contributed by atoms with van der Waals surface area (Å²) in [5, 5.41) is 21.5. The van der Waals surface area contributed by atoms with Gasteiger partial charge in [0.05, 0.1) is 11.2 Å². The molecular formula is C14H22O3. The summed E-state index contributed by atoms with van der Waals surface area (Å²) in [6.07, 6.45) is 3.77. The molecule has 2 rings (SSSR count).